The first-order valence-corrected chi connectivity index (χ1v) is 8.89. The molecule has 2 aliphatic heterocycles. The van der Waals surface area contributed by atoms with Crippen molar-refractivity contribution in [2.45, 2.75) is 12.5 Å². The van der Waals surface area contributed by atoms with Crippen molar-refractivity contribution in [3.8, 4) is 11.5 Å². The van der Waals surface area contributed by atoms with Gasteiger partial charge in [0.1, 0.15) is 25.4 Å². The monoisotopic (exact) mass is 366 g/mol. The molecule has 2 aromatic heterocycles. The van der Waals surface area contributed by atoms with Gasteiger partial charge in [0.15, 0.2) is 17.1 Å². The summed E-state index contributed by atoms with van der Waals surface area (Å²) in [7, 11) is 0. The van der Waals surface area contributed by atoms with Crippen molar-refractivity contribution in [2.24, 2.45) is 0 Å². The number of rotatable bonds is 3. The van der Waals surface area contributed by atoms with E-state index in [2.05, 4.69) is 25.5 Å². The molecule has 4 heterocycles. The normalized spacial score (nSPS) is 18.7. The zero-order valence-electron chi connectivity index (χ0n) is 14.5. The molecule has 0 spiro atoms. The summed E-state index contributed by atoms with van der Waals surface area (Å²) in [6, 6.07) is 9.23. The van der Waals surface area contributed by atoms with E-state index in [0.29, 0.717) is 42.5 Å². The number of amides is 1. The Bertz CT molecular complexity index is 1000. The third kappa shape index (κ3) is 2.90. The zero-order valence-corrected chi connectivity index (χ0v) is 14.5. The summed E-state index contributed by atoms with van der Waals surface area (Å²) in [5, 5.41) is 15.4. The molecular formula is C18H18N6O3. The maximum Gasteiger partial charge on any atom is 0.255 e. The van der Waals surface area contributed by atoms with Gasteiger partial charge in [0, 0.05) is 19.1 Å². The second kappa shape index (κ2) is 6.42. The fourth-order valence-electron chi connectivity index (χ4n) is 3.49. The number of nitrogens with zero attached hydrogens (tertiary/aromatic N) is 5. The topological polar surface area (TPSA) is 93.9 Å². The Morgan fingerprint density at radius 3 is 3.07 bits per heavy atom. The van der Waals surface area contributed by atoms with Crippen LogP contribution >= 0.6 is 0 Å². The van der Waals surface area contributed by atoms with E-state index < -0.39 is 0 Å². The molecule has 0 unspecified atom stereocenters. The van der Waals surface area contributed by atoms with E-state index in [1.54, 1.807) is 16.9 Å². The number of benzene rings is 1. The number of carbonyl (C=O) groups is 1. The lowest BCUT2D eigenvalue weighted by Gasteiger charge is -2.21. The fraction of sp³-hybridized carbons (Fsp3) is 0.333. The van der Waals surface area contributed by atoms with Crippen molar-refractivity contribution in [3.05, 3.63) is 42.2 Å². The third-order valence-electron chi connectivity index (χ3n) is 4.81. The minimum atomic E-state index is -0.147. The number of nitrogens with one attached hydrogen (secondary N) is 1. The number of hydrogen-bond acceptors (Lipinski definition) is 7. The summed E-state index contributed by atoms with van der Waals surface area (Å²) in [6.07, 6.45) is 2.43. The number of ether oxygens (including phenoxy) is 2. The van der Waals surface area contributed by atoms with Crippen molar-refractivity contribution in [1.29, 1.82) is 0 Å². The summed E-state index contributed by atoms with van der Waals surface area (Å²) in [5.74, 6) is 1.84. The van der Waals surface area contributed by atoms with E-state index >= 15 is 0 Å². The number of fused-ring (bicyclic) bond motifs is 2. The van der Waals surface area contributed by atoms with Crippen molar-refractivity contribution in [2.75, 3.05) is 31.2 Å². The number of anilines is 1. The fourth-order valence-corrected chi connectivity index (χ4v) is 3.49. The van der Waals surface area contributed by atoms with Gasteiger partial charge in [-0.05, 0) is 30.7 Å². The van der Waals surface area contributed by atoms with Crippen LogP contribution in [0, 0.1) is 0 Å². The molecule has 0 bridgehead atoms. The first-order valence-electron chi connectivity index (χ1n) is 8.89. The highest BCUT2D eigenvalue weighted by Gasteiger charge is 2.27. The van der Waals surface area contributed by atoms with E-state index in [4.69, 9.17) is 9.47 Å². The van der Waals surface area contributed by atoms with E-state index in [1.165, 1.54) is 0 Å². The molecule has 0 aliphatic carbocycles. The maximum absolute atomic E-state index is 12.8. The molecule has 9 heteroatoms. The summed E-state index contributed by atoms with van der Waals surface area (Å²) in [6.45, 7) is 2.46. The number of carbonyl (C=O) groups excluding carboxylic acids is 1. The highest BCUT2D eigenvalue weighted by Crippen LogP contribution is 2.33. The molecule has 1 N–H and O–H groups in total. The highest BCUT2D eigenvalue weighted by atomic mass is 16.6. The van der Waals surface area contributed by atoms with Gasteiger partial charge in [-0.2, -0.15) is 4.52 Å². The van der Waals surface area contributed by atoms with E-state index in [1.807, 2.05) is 24.3 Å². The van der Waals surface area contributed by atoms with Crippen LogP contribution in [-0.4, -0.2) is 58.1 Å². The third-order valence-corrected chi connectivity index (χ3v) is 4.81. The Morgan fingerprint density at radius 2 is 2.11 bits per heavy atom. The average Bonchev–Trinajstić information content (AvgIpc) is 3.36. The minimum absolute atomic E-state index is 0.0382. The molecule has 1 atom stereocenters. The van der Waals surface area contributed by atoms with Gasteiger partial charge >= 0.3 is 0 Å². The molecule has 138 valence electrons. The second-order valence-corrected chi connectivity index (χ2v) is 6.56. The quantitative estimate of drug-likeness (QED) is 0.736. The van der Waals surface area contributed by atoms with Crippen LogP contribution in [-0.2, 0) is 0 Å². The lowest BCUT2D eigenvalue weighted by molar-refractivity contribution is 0.0929. The predicted molar refractivity (Wildman–Crippen MR) is 96.3 cm³/mol. The lowest BCUT2D eigenvalue weighted by Crippen LogP contribution is -2.37. The van der Waals surface area contributed by atoms with Gasteiger partial charge in [0.05, 0.1) is 5.56 Å². The van der Waals surface area contributed by atoms with Gasteiger partial charge in [-0.15, -0.1) is 15.3 Å². The Morgan fingerprint density at radius 1 is 1.19 bits per heavy atom. The molecule has 0 saturated carbocycles. The van der Waals surface area contributed by atoms with Crippen LogP contribution in [0.1, 0.15) is 16.8 Å². The lowest BCUT2D eigenvalue weighted by atomic mass is 10.1. The first-order chi connectivity index (χ1) is 13.3. The summed E-state index contributed by atoms with van der Waals surface area (Å²) < 4.78 is 12.8. The Labute approximate surface area is 154 Å². The smallest absolute Gasteiger partial charge is 0.255 e. The van der Waals surface area contributed by atoms with Crippen LogP contribution in [0.5, 0.6) is 11.5 Å². The summed E-state index contributed by atoms with van der Waals surface area (Å²) in [4.78, 5) is 14.9. The molecule has 27 heavy (non-hydrogen) atoms. The standard InChI is InChI=1S/C18H18N6O3/c25-18(13-2-1-3-14-17(13)27-9-8-26-14)20-12-6-7-23(10-12)16-5-4-15-21-19-11-24(15)22-16/h1-5,11-12H,6-10H2,(H,20,25)/t12-/m0/s1. The van der Waals surface area contributed by atoms with Crippen LogP contribution in [0.2, 0.25) is 0 Å². The number of aromatic nitrogens is 4. The Hall–Kier alpha value is -3.36. The first kappa shape index (κ1) is 15.9. The Kier molecular flexibility index (Phi) is 3.77. The van der Waals surface area contributed by atoms with Crippen LogP contribution in [0.15, 0.2) is 36.7 Å². The number of para-hydroxylation sites is 1. The molecule has 1 saturated heterocycles. The van der Waals surface area contributed by atoms with Crippen molar-refractivity contribution < 1.29 is 14.3 Å². The Balaban J connectivity index is 1.29. The van der Waals surface area contributed by atoms with E-state index in [9.17, 15) is 4.79 Å². The second-order valence-electron chi connectivity index (χ2n) is 6.56. The van der Waals surface area contributed by atoms with Crippen LogP contribution in [0.4, 0.5) is 5.82 Å². The van der Waals surface area contributed by atoms with Gasteiger partial charge in [-0.25, -0.2) is 0 Å². The van der Waals surface area contributed by atoms with Gasteiger partial charge in [-0.3, -0.25) is 4.79 Å². The maximum atomic E-state index is 12.8. The van der Waals surface area contributed by atoms with E-state index in [-0.39, 0.29) is 11.9 Å². The van der Waals surface area contributed by atoms with Crippen LogP contribution in [0.3, 0.4) is 0 Å². The molecule has 3 aromatic rings. The average molecular weight is 366 g/mol. The molecule has 5 rings (SSSR count). The van der Waals surface area contributed by atoms with Crippen molar-refractivity contribution >= 4 is 17.4 Å². The SMILES string of the molecule is O=C(N[C@H]1CCN(c2ccc3nncn3n2)C1)c1cccc2c1OCCO2. The minimum Gasteiger partial charge on any atom is -0.486 e. The molecular weight excluding hydrogens is 348 g/mol. The largest absolute Gasteiger partial charge is 0.486 e. The summed E-state index contributed by atoms with van der Waals surface area (Å²) in [5.41, 5.74) is 1.22. The molecule has 9 nitrogen and oxygen atoms in total. The van der Waals surface area contributed by atoms with Gasteiger partial charge < -0.3 is 19.7 Å². The van der Waals surface area contributed by atoms with Gasteiger partial charge in [-0.1, -0.05) is 6.07 Å². The van der Waals surface area contributed by atoms with Gasteiger partial charge in [0.2, 0.25) is 0 Å². The van der Waals surface area contributed by atoms with E-state index in [0.717, 1.165) is 18.8 Å². The molecule has 1 fully saturated rings. The molecule has 1 amide bonds. The number of hydrogen-bond donors (Lipinski definition) is 1. The van der Waals surface area contributed by atoms with Crippen LogP contribution in [0.25, 0.3) is 5.65 Å². The summed E-state index contributed by atoms with van der Waals surface area (Å²) >= 11 is 0. The molecule has 2 aliphatic rings. The van der Waals surface area contributed by atoms with Crippen molar-refractivity contribution in [3.63, 3.8) is 0 Å². The van der Waals surface area contributed by atoms with Gasteiger partial charge in [0.25, 0.3) is 5.91 Å². The van der Waals surface area contributed by atoms with Crippen LogP contribution < -0.4 is 19.7 Å². The highest BCUT2D eigenvalue weighted by molar-refractivity contribution is 5.98. The predicted octanol–water partition coefficient (Wildman–Crippen LogP) is 0.904. The zero-order chi connectivity index (χ0) is 18.2. The molecule has 0 radical (unpaired) electrons. The molecule has 1 aromatic carbocycles. The van der Waals surface area contributed by atoms with Crippen molar-refractivity contribution in [1.82, 2.24) is 25.1 Å².